The number of amides is 2. The number of ether oxygens (including phenoxy) is 1. The van der Waals surface area contributed by atoms with E-state index in [0.717, 1.165) is 0 Å². The number of nitrogens with one attached hydrogen (secondary N) is 2. The topological polar surface area (TPSA) is 93.5 Å². The highest BCUT2D eigenvalue weighted by Crippen LogP contribution is 2.19. The van der Waals surface area contributed by atoms with Gasteiger partial charge in [-0.1, -0.05) is 6.07 Å². The minimum absolute atomic E-state index is 0.176. The maximum absolute atomic E-state index is 12.0. The molecule has 0 atom stereocenters. The Hall–Kier alpha value is -2.08. The summed E-state index contributed by atoms with van der Waals surface area (Å²) in [4.78, 5) is 23.0. The maximum Gasteiger partial charge on any atom is 0.411 e. The van der Waals surface area contributed by atoms with Gasteiger partial charge in [-0.05, 0) is 32.0 Å². The van der Waals surface area contributed by atoms with Crippen molar-refractivity contribution >= 4 is 23.4 Å². The summed E-state index contributed by atoms with van der Waals surface area (Å²) in [5.74, 6) is -0.176. The van der Waals surface area contributed by atoms with Crippen LogP contribution in [-0.4, -0.2) is 25.7 Å². The molecule has 0 aliphatic heterocycles. The molecule has 0 aliphatic carbocycles. The zero-order valence-electron chi connectivity index (χ0n) is 11.3. The van der Waals surface area contributed by atoms with Crippen molar-refractivity contribution in [3.63, 3.8) is 0 Å². The number of anilines is 2. The molecule has 1 aromatic rings. The Morgan fingerprint density at radius 2 is 1.84 bits per heavy atom. The number of carbonyl (C=O) groups is 2. The molecular formula is C13H19N3O3. The van der Waals surface area contributed by atoms with Gasteiger partial charge in [0.1, 0.15) is 0 Å². The van der Waals surface area contributed by atoms with Crippen LogP contribution in [-0.2, 0) is 9.53 Å². The van der Waals surface area contributed by atoms with E-state index in [2.05, 4.69) is 15.4 Å². The number of methoxy groups -OCH3 is 1. The number of nitrogens with two attached hydrogens (primary N) is 1. The fourth-order valence-electron chi connectivity index (χ4n) is 1.24. The van der Waals surface area contributed by atoms with Gasteiger partial charge in [-0.2, -0.15) is 0 Å². The molecule has 6 heteroatoms. The fraction of sp³-hybridized carbons (Fsp3) is 0.385. The molecule has 4 N–H and O–H groups in total. The Balaban J connectivity index is 2.77. The van der Waals surface area contributed by atoms with E-state index in [1.54, 1.807) is 38.1 Å². The van der Waals surface area contributed by atoms with Crippen LogP contribution < -0.4 is 16.4 Å². The van der Waals surface area contributed by atoms with Crippen LogP contribution in [0, 0.1) is 5.41 Å². The standard InChI is InChI=1S/C13H19N3O3/c1-13(2,8-14)11(17)15-9-5-4-6-10(7-9)16-12(18)19-3/h4-7H,8,14H2,1-3H3,(H,15,17)(H,16,18). The SMILES string of the molecule is COC(=O)Nc1cccc(NC(=O)C(C)(C)CN)c1. The molecule has 0 aromatic heterocycles. The van der Waals surface area contributed by atoms with Gasteiger partial charge in [0.05, 0.1) is 12.5 Å². The van der Waals surface area contributed by atoms with Crippen LogP contribution in [0.25, 0.3) is 0 Å². The molecule has 0 bridgehead atoms. The molecule has 1 aromatic carbocycles. The first-order chi connectivity index (χ1) is 8.89. The summed E-state index contributed by atoms with van der Waals surface area (Å²) < 4.78 is 4.49. The van der Waals surface area contributed by atoms with Crippen molar-refractivity contribution < 1.29 is 14.3 Å². The zero-order chi connectivity index (χ0) is 14.5. The van der Waals surface area contributed by atoms with Crippen molar-refractivity contribution in [1.29, 1.82) is 0 Å². The van der Waals surface area contributed by atoms with E-state index in [0.29, 0.717) is 11.4 Å². The molecule has 0 fully saturated rings. The number of benzene rings is 1. The predicted octanol–water partition coefficient (Wildman–Crippen LogP) is 1.79. The summed E-state index contributed by atoms with van der Waals surface area (Å²) in [6.45, 7) is 3.77. The van der Waals surface area contributed by atoms with Gasteiger partial charge in [0.15, 0.2) is 0 Å². The lowest BCUT2D eigenvalue weighted by atomic mass is 9.92. The second-order valence-electron chi connectivity index (χ2n) is 4.74. The number of hydrogen-bond donors (Lipinski definition) is 3. The molecule has 6 nitrogen and oxygen atoms in total. The first-order valence-electron chi connectivity index (χ1n) is 5.85. The molecule has 0 aliphatic rings. The molecule has 0 saturated heterocycles. The largest absolute Gasteiger partial charge is 0.453 e. The van der Waals surface area contributed by atoms with E-state index in [4.69, 9.17) is 5.73 Å². The van der Waals surface area contributed by atoms with Crippen molar-refractivity contribution in [2.75, 3.05) is 24.3 Å². The Morgan fingerprint density at radius 3 is 2.37 bits per heavy atom. The minimum atomic E-state index is -0.647. The van der Waals surface area contributed by atoms with E-state index >= 15 is 0 Å². The van der Waals surface area contributed by atoms with Gasteiger partial charge < -0.3 is 15.8 Å². The van der Waals surface area contributed by atoms with Gasteiger partial charge in [-0.15, -0.1) is 0 Å². The molecule has 0 saturated carbocycles. The highest BCUT2D eigenvalue weighted by molar-refractivity contribution is 5.96. The molecule has 0 radical (unpaired) electrons. The third kappa shape index (κ3) is 4.26. The van der Waals surface area contributed by atoms with Crippen molar-refractivity contribution in [1.82, 2.24) is 0 Å². The van der Waals surface area contributed by atoms with Crippen molar-refractivity contribution in [3.8, 4) is 0 Å². The summed E-state index contributed by atoms with van der Waals surface area (Å²) in [5.41, 5.74) is 6.01. The average Bonchev–Trinajstić information content (AvgIpc) is 2.38. The third-order valence-corrected chi connectivity index (χ3v) is 2.68. The van der Waals surface area contributed by atoms with Gasteiger partial charge >= 0.3 is 6.09 Å². The van der Waals surface area contributed by atoms with Crippen LogP contribution >= 0.6 is 0 Å². The quantitative estimate of drug-likeness (QED) is 0.773. The molecule has 0 heterocycles. The third-order valence-electron chi connectivity index (χ3n) is 2.68. The summed E-state index contributed by atoms with van der Waals surface area (Å²) >= 11 is 0. The monoisotopic (exact) mass is 265 g/mol. The van der Waals surface area contributed by atoms with E-state index in [-0.39, 0.29) is 12.5 Å². The lowest BCUT2D eigenvalue weighted by Crippen LogP contribution is -2.37. The van der Waals surface area contributed by atoms with Crippen LogP contribution in [0.5, 0.6) is 0 Å². The lowest BCUT2D eigenvalue weighted by molar-refractivity contribution is -0.123. The smallest absolute Gasteiger partial charge is 0.411 e. The van der Waals surface area contributed by atoms with Gasteiger partial charge in [0.2, 0.25) is 5.91 Å². The van der Waals surface area contributed by atoms with Crippen LogP contribution in [0.3, 0.4) is 0 Å². The highest BCUT2D eigenvalue weighted by Gasteiger charge is 2.25. The lowest BCUT2D eigenvalue weighted by Gasteiger charge is -2.21. The Bertz CT molecular complexity index is 472. The first kappa shape index (κ1) is 15.0. The Labute approximate surface area is 112 Å². The molecular weight excluding hydrogens is 246 g/mol. The number of carbonyl (C=O) groups excluding carboxylic acids is 2. The summed E-state index contributed by atoms with van der Waals surface area (Å²) in [6.07, 6.45) is -0.564. The van der Waals surface area contributed by atoms with E-state index in [1.165, 1.54) is 7.11 Å². The van der Waals surface area contributed by atoms with Crippen LogP contribution in [0.4, 0.5) is 16.2 Å². The van der Waals surface area contributed by atoms with Gasteiger partial charge in [-0.3, -0.25) is 10.1 Å². The molecule has 2 amide bonds. The van der Waals surface area contributed by atoms with Crippen LogP contribution in [0.2, 0.25) is 0 Å². The molecule has 0 unspecified atom stereocenters. The van der Waals surface area contributed by atoms with E-state index in [1.807, 2.05) is 0 Å². The van der Waals surface area contributed by atoms with Gasteiger partial charge in [0, 0.05) is 17.9 Å². The van der Waals surface area contributed by atoms with Gasteiger partial charge in [0.25, 0.3) is 0 Å². The summed E-state index contributed by atoms with van der Waals surface area (Å²) in [6, 6.07) is 6.78. The van der Waals surface area contributed by atoms with E-state index in [9.17, 15) is 9.59 Å². The van der Waals surface area contributed by atoms with Gasteiger partial charge in [-0.25, -0.2) is 4.79 Å². The second kappa shape index (κ2) is 6.19. The number of rotatable bonds is 4. The van der Waals surface area contributed by atoms with Crippen molar-refractivity contribution in [2.45, 2.75) is 13.8 Å². The summed E-state index contributed by atoms with van der Waals surface area (Å²) in [5, 5.41) is 5.27. The summed E-state index contributed by atoms with van der Waals surface area (Å²) in [7, 11) is 1.28. The van der Waals surface area contributed by atoms with Crippen molar-refractivity contribution in [3.05, 3.63) is 24.3 Å². The Kier molecular flexibility index (Phi) is 4.88. The first-order valence-corrected chi connectivity index (χ1v) is 5.85. The van der Waals surface area contributed by atoms with Crippen molar-refractivity contribution in [2.24, 2.45) is 11.1 Å². The second-order valence-corrected chi connectivity index (χ2v) is 4.74. The normalized spacial score (nSPS) is 10.7. The molecule has 0 spiro atoms. The number of hydrogen-bond acceptors (Lipinski definition) is 4. The van der Waals surface area contributed by atoms with E-state index < -0.39 is 11.5 Å². The molecule has 1 rings (SSSR count). The van der Waals surface area contributed by atoms with Crippen LogP contribution in [0.15, 0.2) is 24.3 Å². The van der Waals surface area contributed by atoms with Crippen LogP contribution in [0.1, 0.15) is 13.8 Å². The average molecular weight is 265 g/mol. The predicted molar refractivity (Wildman–Crippen MR) is 73.9 cm³/mol. The Morgan fingerprint density at radius 1 is 1.26 bits per heavy atom. The maximum atomic E-state index is 12.0. The molecule has 104 valence electrons. The fourth-order valence-corrected chi connectivity index (χ4v) is 1.24. The highest BCUT2D eigenvalue weighted by atomic mass is 16.5. The zero-order valence-corrected chi connectivity index (χ0v) is 11.3. The molecule has 19 heavy (non-hydrogen) atoms. The minimum Gasteiger partial charge on any atom is -0.453 e.